The lowest BCUT2D eigenvalue weighted by Gasteiger charge is -2.11. The Kier molecular flexibility index (Phi) is 13.0. The van der Waals surface area contributed by atoms with Crippen LogP contribution in [0.25, 0.3) is 0 Å². The van der Waals surface area contributed by atoms with Crippen LogP contribution in [0, 0.1) is 0 Å². The highest BCUT2D eigenvalue weighted by Crippen LogP contribution is 2.12. The standard InChI is InChI=1S/C23H41N2/c1-4-5-6-7-8-9-10-11-12-13-14-18-21-25(24(2)3)22-23-19-16-15-17-20-23/h15-17,19-20,22H,4-14,18,21H2,1-3H3/q+1. The molecule has 0 aromatic heterocycles. The number of nitrogens with zero attached hydrogens (tertiary/aromatic N) is 2. The zero-order chi connectivity index (χ0) is 18.2. The van der Waals surface area contributed by atoms with Gasteiger partial charge in [-0.3, -0.25) is 0 Å². The molecule has 0 N–H and O–H groups in total. The first-order valence-corrected chi connectivity index (χ1v) is 10.6. The van der Waals surface area contributed by atoms with Crippen molar-refractivity contribution in [1.29, 1.82) is 0 Å². The summed E-state index contributed by atoms with van der Waals surface area (Å²) in [4.78, 5) is 0. The second-order valence-corrected chi connectivity index (χ2v) is 7.44. The molecule has 142 valence electrons. The average Bonchev–Trinajstić information content (AvgIpc) is 2.62. The molecule has 2 nitrogen and oxygen atoms in total. The summed E-state index contributed by atoms with van der Waals surface area (Å²) >= 11 is 0. The molecule has 0 fully saturated rings. The van der Waals surface area contributed by atoms with Gasteiger partial charge < -0.3 is 0 Å². The molecule has 0 radical (unpaired) electrons. The number of rotatable bonds is 15. The van der Waals surface area contributed by atoms with E-state index in [4.69, 9.17) is 0 Å². The van der Waals surface area contributed by atoms with Crippen LogP contribution in [0.4, 0.5) is 0 Å². The van der Waals surface area contributed by atoms with Crippen molar-refractivity contribution in [3.8, 4) is 0 Å². The maximum absolute atomic E-state index is 2.33. The first-order chi connectivity index (χ1) is 12.2. The van der Waals surface area contributed by atoms with Crippen molar-refractivity contribution in [3.05, 3.63) is 35.9 Å². The molecule has 1 rings (SSSR count). The summed E-state index contributed by atoms with van der Waals surface area (Å²) in [6, 6.07) is 10.6. The number of hydrazine groups is 1. The monoisotopic (exact) mass is 345 g/mol. The summed E-state index contributed by atoms with van der Waals surface area (Å²) in [6.07, 6.45) is 19.1. The summed E-state index contributed by atoms with van der Waals surface area (Å²) in [5.41, 5.74) is 1.27. The number of hydrazone groups is 1. The molecular weight excluding hydrogens is 304 g/mol. The molecule has 2 heteroatoms. The topological polar surface area (TPSA) is 6.25 Å². The van der Waals surface area contributed by atoms with E-state index in [2.05, 4.69) is 67.3 Å². The normalized spacial score (nSPS) is 11.7. The number of unbranched alkanes of at least 4 members (excludes halogenated alkanes) is 11. The van der Waals surface area contributed by atoms with Crippen LogP contribution in [0.5, 0.6) is 0 Å². The summed E-state index contributed by atoms with van der Waals surface area (Å²) in [5.74, 6) is 0. The highest BCUT2D eigenvalue weighted by Gasteiger charge is 2.07. The Balaban J connectivity index is 2.05. The number of benzene rings is 1. The van der Waals surface area contributed by atoms with Gasteiger partial charge in [0.1, 0.15) is 0 Å². The molecule has 0 aliphatic heterocycles. The fraction of sp³-hybridized carbons (Fsp3) is 0.696. The molecule has 25 heavy (non-hydrogen) atoms. The van der Waals surface area contributed by atoms with Crippen LogP contribution in [-0.2, 0) is 0 Å². The summed E-state index contributed by atoms with van der Waals surface area (Å²) in [7, 11) is 4.25. The van der Waals surface area contributed by atoms with Crippen LogP contribution in [0.1, 0.15) is 89.5 Å². The molecule has 1 aromatic rings. The number of hydrogen-bond acceptors (Lipinski definition) is 1. The zero-order valence-electron chi connectivity index (χ0n) is 17.1. The Bertz CT molecular complexity index is 437. The Morgan fingerprint density at radius 2 is 1.20 bits per heavy atom. The van der Waals surface area contributed by atoms with Crippen molar-refractivity contribution in [2.24, 2.45) is 0 Å². The van der Waals surface area contributed by atoms with Crippen molar-refractivity contribution >= 4 is 6.21 Å². The molecule has 0 saturated carbocycles. The van der Waals surface area contributed by atoms with E-state index in [1.807, 2.05) is 0 Å². The smallest absolute Gasteiger partial charge is 0.192 e. The Labute approximate surface area is 156 Å². The largest absolute Gasteiger partial charge is 0.200 e. The van der Waals surface area contributed by atoms with E-state index in [9.17, 15) is 0 Å². The maximum atomic E-state index is 2.33. The van der Waals surface area contributed by atoms with Gasteiger partial charge in [-0.15, -0.1) is 4.68 Å². The third-order valence-electron chi connectivity index (χ3n) is 4.85. The molecule has 0 saturated heterocycles. The van der Waals surface area contributed by atoms with E-state index in [1.165, 1.54) is 82.6 Å². The van der Waals surface area contributed by atoms with Gasteiger partial charge in [-0.05, 0) is 18.6 Å². The third kappa shape index (κ3) is 11.8. The van der Waals surface area contributed by atoms with E-state index >= 15 is 0 Å². The average molecular weight is 346 g/mol. The molecule has 0 aliphatic rings. The lowest BCUT2D eigenvalue weighted by Crippen LogP contribution is -2.30. The third-order valence-corrected chi connectivity index (χ3v) is 4.85. The Morgan fingerprint density at radius 3 is 1.68 bits per heavy atom. The number of hydrogen-bond donors (Lipinski definition) is 0. The van der Waals surface area contributed by atoms with E-state index in [1.54, 1.807) is 0 Å². The molecule has 0 amide bonds. The highest BCUT2D eigenvalue weighted by molar-refractivity contribution is 5.75. The van der Waals surface area contributed by atoms with Crippen molar-refractivity contribution in [2.45, 2.75) is 84.0 Å². The SMILES string of the molecule is CCCCCCCCCCCCCC[N+](=Cc1ccccc1)N(C)C. The van der Waals surface area contributed by atoms with E-state index in [0.29, 0.717) is 0 Å². The molecule has 1 aromatic carbocycles. The Hall–Kier alpha value is -1.31. The van der Waals surface area contributed by atoms with Crippen molar-refractivity contribution in [1.82, 2.24) is 5.01 Å². The van der Waals surface area contributed by atoms with Gasteiger partial charge in [0.05, 0.1) is 14.1 Å². The van der Waals surface area contributed by atoms with Gasteiger partial charge in [0.15, 0.2) is 6.54 Å². The van der Waals surface area contributed by atoms with Crippen LogP contribution in [0.2, 0.25) is 0 Å². The van der Waals surface area contributed by atoms with E-state index in [0.717, 1.165) is 6.54 Å². The molecule has 0 spiro atoms. The second-order valence-electron chi connectivity index (χ2n) is 7.44. The zero-order valence-corrected chi connectivity index (χ0v) is 17.1. The summed E-state index contributed by atoms with van der Waals surface area (Å²) < 4.78 is 2.33. The molecular formula is C23H41N2+. The van der Waals surface area contributed by atoms with Crippen LogP contribution < -0.4 is 0 Å². The van der Waals surface area contributed by atoms with E-state index < -0.39 is 0 Å². The predicted octanol–water partition coefficient (Wildman–Crippen LogP) is 6.30. The predicted molar refractivity (Wildman–Crippen MR) is 112 cm³/mol. The van der Waals surface area contributed by atoms with E-state index in [-0.39, 0.29) is 0 Å². The van der Waals surface area contributed by atoms with Crippen molar-refractivity contribution in [2.75, 3.05) is 20.6 Å². The fourth-order valence-electron chi connectivity index (χ4n) is 3.21. The van der Waals surface area contributed by atoms with Crippen molar-refractivity contribution in [3.63, 3.8) is 0 Å². The maximum Gasteiger partial charge on any atom is 0.200 e. The first-order valence-electron chi connectivity index (χ1n) is 10.6. The first kappa shape index (κ1) is 21.7. The quantitative estimate of drug-likeness (QED) is 0.156. The lowest BCUT2D eigenvalue weighted by molar-refractivity contribution is -0.674. The van der Waals surface area contributed by atoms with Gasteiger partial charge in [0.2, 0.25) is 6.21 Å². The molecule has 0 heterocycles. The van der Waals surface area contributed by atoms with Crippen molar-refractivity contribution < 1.29 is 4.68 Å². The van der Waals surface area contributed by atoms with Crippen LogP contribution >= 0.6 is 0 Å². The fourth-order valence-corrected chi connectivity index (χ4v) is 3.21. The van der Waals surface area contributed by atoms with Crippen LogP contribution in [-0.4, -0.2) is 36.5 Å². The van der Waals surface area contributed by atoms with Crippen LogP contribution in [0.15, 0.2) is 30.3 Å². The van der Waals surface area contributed by atoms with Gasteiger partial charge in [-0.25, -0.2) is 0 Å². The summed E-state index contributed by atoms with van der Waals surface area (Å²) in [6.45, 7) is 3.40. The molecule has 0 aliphatic carbocycles. The van der Waals surface area contributed by atoms with Gasteiger partial charge in [-0.2, -0.15) is 5.01 Å². The highest BCUT2D eigenvalue weighted by atomic mass is 15.5. The minimum atomic E-state index is 1.11. The van der Waals surface area contributed by atoms with Gasteiger partial charge in [0.25, 0.3) is 0 Å². The molecule has 0 unspecified atom stereocenters. The van der Waals surface area contributed by atoms with Gasteiger partial charge in [-0.1, -0.05) is 89.3 Å². The lowest BCUT2D eigenvalue weighted by atomic mass is 10.1. The van der Waals surface area contributed by atoms with Gasteiger partial charge >= 0.3 is 0 Å². The summed E-state index contributed by atoms with van der Waals surface area (Å²) in [5, 5.41) is 2.19. The minimum absolute atomic E-state index is 1.11. The Morgan fingerprint density at radius 1 is 0.720 bits per heavy atom. The molecule has 0 bridgehead atoms. The minimum Gasteiger partial charge on any atom is -0.192 e. The van der Waals surface area contributed by atoms with Gasteiger partial charge in [0, 0.05) is 12.0 Å². The van der Waals surface area contributed by atoms with Crippen LogP contribution in [0.3, 0.4) is 0 Å². The second kappa shape index (κ2) is 15.0. The molecule has 0 atom stereocenters.